The Morgan fingerprint density at radius 3 is 2.58 bits per heavy atom. The quantitative estimate of drug-likeness (QED) is 0.871. The van der Waals surface area contributed by atoms with E-state index in [1.54, 1.807) is 14.0 Å². The molecule has 1 aromatic carbocycles. The van der Waals surface area contributed by atoms with E-state index in [-0.39, 0.29) is 5.91 Å². The molecule has 0 radical (unpaired) electrons. The molecule has 1 aromatic heterocycles. The third kappa shape index (κ3) is 3.17. The molecular weight excluding hydrogens is 262 g/mol. The third-order valence-electron chi connectivity index (χ3n) is 2.37. The van der Waals surface area contributed by atoms with Crippen LogP contribution in [0.5, 0.6) is 5.75 Å². The molecule has 1 heterocycles. The Bertz CT molecular complexity index is 605. The largest absolute Gasteiger partial charge is 0.497 e. The lowest BCUT2D eigenvalue weighted by atomic mass is 10.2. The molecule has 0 saturated carbocycles. The molecule has 0 atom stereocenters. The highest BCUT2D eigenvalue weighted by atomic mass is 32.1. The minimum absolute atomic E-state index is 0.252. The van der Waals surface area contributed by atoms with Crippen LogP contribution >= 0.6 is 11.3 Å². The van der Waals surface area contributed by atoms with Gasteiger partial charge in [0.15, 0.2) is 0 Å². The number of anilines is 1. The van der Waals surface area contributed by atoms with Gasteiger partial charge in [-0.3, -0.25) is 10.1 Å². The molecule has 5 nitrogen and oxygen atoms in total. The van der Waals surface area contributed by atoms with Crippen molar-refractivity contribution in [2.24, 2.45) is 0 Å². The molecule has 0 saturated heterocycles. The number of methoxy groups -OCH3 is 1. The van der Waals surface area contributed by atoms with Crippen molar-refractivity contribution in [1.82, 2.24) is 10.2 Å². The predicted octanol–water partition coefficient (Wildman–Crippen LogP) is 2.73. The summed E-state index contributed by atoms with van der Waals surface area (Å²) in [4.78, 5) is 11.5. The van der Waals surface area contributed by atoms with Crippen molar-refractivity contribution in [3.05, 3.63) is 36.4 Å². The predicted molar refractivity (Wildman–Crippen MR) is 75.3 cm³/mol. The summed E-state index contributed by atoms with van der Waals surface area (Å²) < 4.78 is 5.09. The molecule has 1 amide bonds. The number of hydrogen-bond donors (Lipinski definition) is 1. The van der Waals surface area contributed by atoms with Gasteiger partial charge in [0.05, 0.1) is 7.11 Å². The summed E-state index contributed by atoms with van der Waals surface area (Å²) in [5.41, 5.74) is 1.36. The maximum Gasteiger partial charge on any atom is 0.252 e. The first-order chi connectivity index (χ1) is 9.10. The first-order valence-electron chi connectivity index (χ1n) is 5.55. The lowest BCUT2D eigenvalue weighted by Crippen LogP contribution is -2.11. The van der Waals surface area contributed by atoms with Crippen molar-refractivity contribution in [1.29, 1.82) is 0 Å². The number of carbonyl (C=O) groups excluding carboxylic acids is 1. The van der Waals surface area contributed by atoms with Crippen LogP contribution in [0.2, 0.25) is 0 Å². The third-order valence-corrected chi connectivity index (χ3v) is 3.26. The zero-order valence-corrected chi connectivity index (χ0v) is 11.5. The lowest BCUT2D eigenvalue weighted by Gasteiger charge is -1.99. The van der Waals surface area contributed by atoms with Crippen molar-refractivity contribution >= 4 is 22.4 Å². The molecule has 0 aliphatic rings. The van der Waals surface area contributed by atoms with Gasteiger partial charge in [0.1, 0.15) is 10.8 Å². The molecule has 0 spiro atoms. The van der Waals surface area contributed by atoms with Gasteiger partial charge in [0, 0.05) is 11.1 Å². The van der Waals surface area contributed by atoms with E-state index in [4.69, 9.17) is 4.74 Å². The van der Waals surface area contributed by atoms with Gasteiger partial charge in [-0.25, -0.2) is 0 Å². The highest BCUT2D eigenvalue weighted by Gasteiger charge is 2.09. The SMILES string of the molecule is C=C(C)C(=O)Nc1nnc(-c2ccc(OC)cc2)s1. The molecule has 0 bridgehead atoms. The first kappa shape index (κ1) is 13.2. The molecular formula is C13H13N3O2S. The average molecular weight is 275 g/mol. The van der Waals surface area contributed by atoms with Crippen molar-refractivity contribution < 1.29 is 9.53 Å². The summed E-state index contributed by atoms with van der Waals surface area (Å²) in [5, 5.41) is 11.8. The second kappa shape index (κ2) is 5.62. The highest BCUT2D eigenvalue weighted by molar-refractivity contribution is 7.18. The summed E-state index contributed by atoms with van der Waals surface area (Å²) in [6.07, 6.45) is 0. The Balaban J connectivity index is 2.15. The van der Waals surface area contributed by atoms with E-state index in [1.807, 2.05) is 24.3 Å². The monoisotopic (exact) mass is 275 g/mol. The van der Waals surface area contributed by atoms with Gasteiger partial charge >= 0.3 is 0 Å². The number of rotatable bonds is 4. The van der Waals surface area contributed by atoms with Crippen molar-refractivity contribution in [2.75, 3.05) is 12.4 Å². The maximum absolute atomic E-state index is 11.5. The van der Waals surface area contributed by atoms with E-state index in [0.29, 0.717) is 10.7 Å². The highest BCUT2D eigenvalue weighted by Crippen LogP contribution is 2.27. The molecule has 98 valence electrons. The Hall–Kier alpha value is -2.21. The van der Waals surface area contributed by atoms with Crippen molar-refractivity contribution in [3.8, 4) is 16.3 Å². The maximum atomic E-state index is 11.5. The molecule has 19 heavy (non-hydrogen) atoms. The van der Waals surface area contributed by atoms with E-state index >= 15 is 0 Å². The van der Waals surface area contributed by atoms with E-state index < -0.39 is 0 Å². The normalized spacial score (nSPS) is 10.0. The molecule has 2 rings (SSSR count). The Morgan fingerprint density at radius 2 is 2.00 bits per heavy atom. The number of hydrogen-bond acceptors (Lipinski definition) is 5. The summed E-state index contributed by atoms with van der Waals surface area (Å²) in [6, 6.07) is 7.49. The van der Waals surface area contributed by atoms with Crippen molar-refractivity contribution in [2.45, 2.75) is 6.92 Å². The molecule has 6 heteroatoms. The van der Waals surface area contributed by atoms with Crippen LogP contribution in [0.4, 0.5) is 5.13 Å². The first-order valence-corrected chi connectivity index (χ1v) is 6.36. The number of nitrogens with one attached hydrogen (secondary N) is 1. The van der Waals surface area contributed by atoms with Gasteiger partial charge in [0.25, 0.3) is 5.91 Å². The van der Waals surface area contributed by atoms with Crippen LogP contribution in [-0.2, 0) is 4.79 Å². The second-order valence-electron chi connectivity index (χ2n) is 3.88. The molecule has 0 aliphatic carbocycles. The summed E-state index contributed by atoms with van der Waals surface area (Å²) in [5.74, 6) is 0.529. The zero-order valence-electron chi connectivity index (χ0n) is 10.6. The minimum Gasteiger partial charge on any atom is -0.497 e. The number of nitrogens with zero attached hydrogens (tertiary/aromatic N) is 2. The fraction of sp³-hybridized carbons (Fsp3) is 0.154. The molecule has 2 aromatic rings. The van der Waals surface area contributed by atoms with E-state index in [0.717, 1.165) is 16.3 Å². The van der Waals surface area contributed by atoms with E-state index in [9.17, 15) is 4.79 Å². The number of aromatic nitrogens is 2. The summed E-state index contributed by atoms with van der Waals surface area (Å²) >= 11 is 1.31. The van der Waals surface area contributed by atoms with Gasteiger partial charge in [-0.15, -0.1) is 10.2 Å². The van der Waals surface area contributed by atoms with Crippen LogP contribution in [0.25, 0.3) is 10.6 Å². The Morgan fingerprint density at radius 1 is 1.32 bits per heavy atom. The standard InChI is InChI=1S/C13H13N3O2S/c1-8(2)11(17)14-13-16-15-12(19-13)9-4-6-10(18-3)7-5-9/h4-7H,1H2,2-3H3,(H,14,16,17). The van der Waals surface area contributed by atoms with Crippen LogP contribution in [-0.4, -0.2) is 23.2 Å². The van der Waals surface area contributed by atoms with Gasteiger partial charge in [-0.1, -0.05) is 17.9 Å². The van der Waals surface area contributed by atoms with Crippen LogP contribution in [0.15, 0.2) is 36.4 Å². The fourth-order valence-electron chi connectivity index (χ4n) is 1.33. The smallest absolute Gasteiger partial charge is 0.252 e. The molecule has 0 aliphatic heterocycles. The average Bonchev–Trinajstić information content (AvgIpc) is 2.87. The Kier molecular flexibility index (Phi) is 3.91. The fourth-order valence-corrected chi connectivity index (χ4v) is 2.07. The Labute approximate surface area is 114 Å². The van der Waals surface area contributed by atoms with Crippen LogP contribution in [0.3, 0.4) is 0 Å². The topological polar surface area (TPSA) is 64.1 Å². The van der Waals surface area contributed by atoms with Gasteiger partial charge in [0.2, 0.25) is 5.13 Å². The van der Waals surface area contributed by atoms with Gasteiger partial charge in [-0.2, -0.15) is 0 Å². The summed E-state index contributed by atoms with van der Waals surface area (Å²) in [6.45, 7) is 5.21. The number of amides is 1. The number of ether oxygens (including phenoxy) is 1. The van der Waals surface area contributed by atoms with Crippen LogP contribution in [0.1, 0.15) is 6.92 Å². The van der Waals surface area contributed by atoms with Crippen LogP contribution < -0.4 is 10.1 Å². The van der Waals surface area contributed by atoms with E-state index in [2.05, 4.69) is 22.1 Å². The minimum atomic E-state index is -0.252. The van der Waals surface area contributed by atoms with Crippen molar-refractivity contribution in [3.63, 3.8) is 0 Å². The number of carbonyl (C=O) groups is 1. The van der Waals surface area contributed by atoms with Gasteiger partial charge < -0.3 is 4.74 Å². The second-order valence-corrected chi connectivity index (χ2v) is 4.85. The van der Waals surface area contributed by atoms with E-state index in [1.165, 1.54) is 11.3 Å². The zero-order chi connectivity index (χ0) is 13.8. The van der Waals surface area contributed by atoms with Crippen LogP contribution in [0, 0.1) is 0 Å². The lowest BCUT2D eigenvalue weighted by molar-refractivity contribution is -0.112. The summed E-state index contributed by atoms with van der Waals surface area (Å²) in [7, 11) is 1.62. The molecule has 0 fully saturated rings. The number of benzene rings is 1. The molecule has 0 unspecified atom stereocenters. The van der Waals surface area contributed by atoms with Gasteiger partial charge in [-0.05, 0) is 31.2 Å². The molecule has 1 N–H and O–H groups in total.